The number of nitrogens with one attached hydrogen (secondary N) is 2. The van der Waals surface area contributed by atoms with Crippen LogP contribution in [-0.2, 0) is 0 Å². The van der Waals surface area contributed by atoms with E-state index in [0.717, 1.165) is 29.1 Å². The summed E-state index contributed by atoms with van der Waals surface area (Å²) in [6.45, 7) is 6.72. The SMILES string of the molecule is CCOc1ccc(C)cc1C(C)NC(=O)NC12CC3CC(CC(C3)C1)C2. The Labute approximate surface area is 157 Å². The van der Waals surface area contributed by atoms with Crippen LogP contribution in [-0.4, -0.2) is 18.2 Å². The third kappa shape index (κ3) is 3.43. The first kappa shape index (κ1) is 17.7. The topological polar surface area (TPSA) is 50.4 Å². The Kier molecular flexibility index (Phi) is 4.62. The minimum absolute atomic E-state index is 0.0246. The lowest BCUT2D eigenvalue weighted by Crippen LogP contribution is -2.61. The molecule has 2 amide bonds. The number of rotatable bonds is 5. The summed E-state index contributed by atoms with van der Waals surface area (Å²) in [5.74, 6) is 3.36. The molecule has 4 heteroatoms. The zero-order valence-electron chi connectivity index (χ0n) is 16.3. The van der Waals surface area contributed by atoms with E-state index in [0.29, 0.717) is 6.61 Å². The average Bonchev–Trinajstić information content (AvgIpc) is 2.54. The highest BCUT2D eigenvalue weighted by atomic mass is 16.5. The number of hydrogen-bond acceptors (Lipinski definition) is 2. The van der Waals surface area contributed by atoms with Crippen molar-refractivity contribution in [3.8, 4) is 5.75 Å². The van der Waals surface area contributed by atoms with Gasteiger partial charge in [0.2, 0.25) is 0 Å². The Hall–Kier alpha value is -1.71. The van der Waals surface area contributed by atoms with Gasteiger partial charge in [0.1, 0.15) is 5.75 Å². The molecule has 0 saturated heterocycles. The number of ether oxygens (including phenoxy) is 1. The van der Waals surface area contributed by atoms with Gasteiger partial charge in [-0.3, -0.25) is 0 Å². The number of aryl methyl sites for hydroxylation is 1. The quantitative estimate of drug-likeness (QED) is 0.802. The molecule has 1 unspecified atom stereocenters. The Balaban J connectivity index is 1.43. The smallest absolute Gasteiger partial charge is 0.315 e. The van der Waals surface area contributed by atoms with Gasteiger partial charge >= 0.3 is 6.03 Å². The van der Waals surface area contributed by atoms with Gasteiger partial charge < -0.3 is 15.4 Å². The van der Waals surface area contributed by atoms with Gasteiger partial charge in [0.15, 0.2) is 0 Å². The zero-order chi connectivity index (χ0) is 18.3. The Morgan fingerprint density at radius 3 is 2.38 bits per heavy atom. The van der Waals surface area contributed by atoms with Gasteiger partial charge in [0, 0.05) is 11.1 Å². The van der Waals surface area contributed by atoms with Crippen LogP contribution >= 0.6 is 0 Å². The molecule has 1 aromatic carbocycles. The second kappa shape index (κ2) is 6.79. The fourth-order valence-corrected chi connectivity index (χ4v) is 6.11. The Morgan fingerprint density at radius 2 is 1.81 bits per heavy atom. The number of benzene rings is 1. The standard InChI is InChI=1S/C22H32N2O2/c1-4-26-20-6-5-14(2)7-19(20)15(3)23-21(25)24-22-11-16-8-17(12-22)10-18(9-16)13-22/h5-7,15-18H,4,8-13H2,1-3H3,(H2,23,24,25). The van der Waals surface area contributed by atoms with E-state index in [1.807, 2.05) is 19.9 Å². The van der Waals surface area contributed by atoms with Crippen molar-refractivity contribution in [1.29, 1.82) is 0 Å². The number of carbonyl (C=O) groups is 1. The number of amides is 2. The van der Waals surface area contributed by atoms with Crippen LogP contribution in [0.5, 0.6) is 5.75 Å². The molecule has 0 spiro atoms. The van der Waals surface area contributed by atoms with E-state index < -0.39 is 0 Å². The maximum absolute atomic E-state index is 12.8. The van der Waals surface area contributed by atoms with Crippen LogP contribution < -0.4 is 15.4 Å². The van der Waals surface area contributed by atoms with Crippen LogP contribution in [0.25, 0.3) is 0 Å². The molecule has 4 bridgehead atoms. The van der Waals surface area contributed by atoms with Crippen LogP contribution in [0.4, 0.5) is 4.79 Å². The van der Waals surface area contributed by atoms with Crippen LogP contribution in [0.3, 0.4) is 0 Å². The normalized spacial score (nSPS) is 33.0. The summed E-state index contributed by atoms with van der Waals surface area (Å²) in [6, 6.07) is 6.06. The minimum Gasteiger partial charge on any atom is -0.494 e. The molecule has 5 rings (SSSR count). The molecule has 4 aliphatic carbocycles. The molecule has 0 heterocycles. The van der Waals surface area contributed by atoms with Crippen molar-refractivity contribution in [1.82, 2.24) is 10.6 Å². The van der Waals surface area contributed by atoms with Gasteiger partial charge in [0.25, 0.3) is 0 Å². The minimum atomic E-state index is -0.0784. The molecule has 1 atom stereocenters. The van der Waals surface area contributed by atoms with Crippen molar-refractivity contribution < 1.29 is 9.53 Å². The van der Waals surface area contributed by atoms with Crippen molar-refractivity contribution >= 4 is 6.03 Å². The molecular formula is C22H32N2O2. The summed E-state index contributed by atoms with van der Waals surface area (Å²) in [4.78, 5) is 12.8. The van der Waals surface area contributed by atoms with Gasteiger partial charge in [0.05, 0.1) is 12.6 Å². The number of hydrogen-bond donors (Lipinski definition) is 2. The summed E-state index contributed by atoms with van der Waals surface area (Å²) in [5, 5.41) is 6.57. The monoisotopic (exact) mass is 356 g/mol. The Morgan fingerprint density at radius 1 is 1.19 bits per heavy atom. The molecule has 4 fully saturated rings. The number of carbonyl (C=O) groups excluding carboxylic acids is 1. The van der Waals surface area contributed by atoms with Crippen LogP contribution in [0, 0.1) is 24.7 Å². The largest absolute Gasteiger partial charge is 0.494 e. The highest BCUT2D eigenvalue weighted by Gasteiger charge is 2.51. The fourth-order valence-electron chi connectivity index (χ4n) is 6.11. The predicted molar refractivity (Wildman–Crippen MR) is 103 cm³/mol. The maximum atomic E-state index is 12.8. The lowest BCUT2D eigenvalue weighted by atomic mass is 9.53. The van der Waals surface area contributed by atoms with E-state index in [2.05, 4.69) is 29.7 Å². The van der Waals surface area contributed by atoms with Crippen LogP contribution in [0.2, 0.25) is 0 Å². The first-order valence-electron chi connectivity index (χ1n) is 10.3. The molecule has 4 nitrogen and oxygen atoms in total. The lowest BCUT2D eigenvalue weighted by molar-refractivity contribution is -0.0136. The summed E-state index contributed by atoms with van der Waals surface area (Å²) in [7, 11) is 0. The second-order valence-corrected chi connectivity index (χ2v) is 8.99. The van der Waals surface area contributed by atoms with Crippen molar-refractivity contribution in [2.24, 2.45) is 17.8 Å². The van der Waals surface area contributed by atoms with Crippen molar-refractivity contribution in [2.45, 2.75) is 70.9 Å². The predicted octanol–water partition coefficient (Wildman–Crippen LogP) is 4.72. The first-order chi connectivity index (χ1) is 12.5. The molecule has 2 N–H and O–H groups in total. The van der Waals surface area contributed by atoms with Crippen molar-refractivity contribution in [2.75, 3.05) is 6.61 Å². The molecule has 0 aliphatic heterocycles. The van der Waals surface area contributed by atoms with E-state index in [9.17, 15) is 4.79 Å². The summed E-state index contributed by atoms with van der Waals surface area (Å²) in [6.07, 6.45) is 7.69. The molecule has 4 aliphatic rings. The average molecular weight is 357 g/mol. The Bertz CT molecular complexity index is 649. The van der Waals surface area contributed by atoms with Gasteiger partial charge in [-0.05, 0) is 83.1 Å². The van der Waals surface area contributed by atoms with E-state index >= 15 is 0 Å². The zero-order valence-corrected chi connectivity index (χ0v) is 16.3. The summed E-state index contributed by atoms with van der Waals surface area (Å²) >= 11 is 0. The molecular weight excluding hydrogens is 324 g/mol. The molecule has 26 heavy (non-hydrogen) atoms. The first-order valence-corrected chi connectivity index (χ1v) is 10.3. The third-order valence-corrected chi connectivity index (χ3v) is 6.70. The van der Waals surface area contributed by atoms with E-state index in [1.54, 1.807) is 0 Å². The molecule has 0 aromatic heterocycles. The molecule has 0 radical (unpaired) electrons. The van der Waals surface area contributed by atoms with Gasteiger partial charge in [-0.1, -0.05) is 17.7 Å². The number of urea groups is 1. The highest BCUT2D eigenvalue weighted by molar-refractivity contribution is 5.75. The molecule has 142 valence electrons. The summed E-state index contributed by atoms with van der Waals surface area (Å²) in [5.41, 5.74) is 2.28. The lowest BCUT2D eigenvalue weighted by Gasteiger charge is -2.56. The van der Waals surface area contributed by atoms with Crippen molar-refractivity contribution in [3.05, 3.63) is 29.3 Å². The third-order valence-electron chi connectivity index (χ3n) is 6.70. The fraction of sp³-hybridized carbons (Fsp3) is 0.682. The van der Waals surface area contributed by atoms with Gasteiger partial charge in [-0.2, -0.15) is 0 Å². The molecule has 1 aromatic rings. The highest BCUT2D eigenvalue weighted by Crippen LogP contribution is 2.55. The van der Waals surface area contributed by atoms with Gasteiger partial charge in [-0.15, -0.1) is 0 Å². The second-order valence-electron chi connectivity index (χ2n) is 8.99. The molecule has 4 saturated carbocycles. The van der Waals surface area contributed by atoms with Gasteiger partial charge in [-0.25, -0.2) is 4.79 Å². The summed E-state index contributed by atoms with van der Waals surface area (Å²) < 4.78 is 5.76. The van der Waals surface area contributed by atoms with Crippen molar-refractivity contribution in [3.63, 3.8) is 0 Å². The van der Waals surface area contributed by atoms with E-state index in [-0.39, 0.29) is 17.6 Å². The van der Waals surface area contributed by atoms with E-state index in [4.69, 9.17) is 4.74 Å². The maximum Gasteiger partial charge on any atom is 0.315 e. The van der Waals surface area contributed by atoms with Crippen LogP contribution in [0.15, 0.2) is 18.2 Å². The van der Waals surface area contributed by atoms with E-state index in [1.165, 1.54) is 44.1 Å². The van der Waals surface area contributed by atoms with Crippen LogP contribution in [0.1, 0.15) is 69.5 Å².